The van der Waals surface area contributed by atoms with Crippen molar-refractivity contribution in [3.8, 4) is 5.69 Å². The van der Waals surface area contributed by atoms with Crippen LogP contribution in [0.1, 0.15) is 38.3 Å². The van der Waals surface area contributed by atoms with Crippen LogP contribution in [0.25, 0.3) is 5.69 Å². The second-order valence-electron chi connectivity index (χ2n) is 7.67. The normalized spacial score (nSPS) is 21.7. The molecule has 0 radical (unpaired) electrons. The van der Waals surface area contributed by atoms with Gasteiger partial charge in [-0.05, 0) is 72.7 Å². The number of rotatable bonds is 4. The van der Waals surface area contributed by atoms with Crippen LogP contribution in [0.4, 0.5) is 0 Å². The van der Waals surface area contributed by atoms with Gasteiger partial charge >= 0.3 is 0 Å². The first kappa shape index (κ1) is 18.9. The summed E-state index contributed by atoms with van der Waals surface area (Å²) in [6.07, 6.45) is 1.19. The summed E-state index contributed by atoms with van der Waals surface area (Å²) in [6, 6.07) is 6.22. The van der Waals surface area contributed by atoms with Crippen molar-refractivity contribution >= 4 is 17.7 Å². The van der Waals surface area contributed by atoms with Crippen molar-refractivity contribution in [3.05, 3.63) is 29.3 Å². The Morgan fingerprint density at radius 3 is 2.38 bits per heavy atom. The fraction of sp³-hybridized carbons (Fsp3) is 0.579. The van der Waals surface area contributed by atoms with Crippen molar-refractivity contribution in [1.82, 2.24) is 25.1 Å². The molecule has 0 N–H and O–H groups in total. The molecule has 1 amide bonds. The summed E-state index contributed by atoms with van der Waals surface area (Å²) in [6.45, 7) is 12.2. The van der Waals surface area contributed by atoms with Gasteiger partial charge < -0.3 is 4.90 Å². The van der Waals surface area contributed by atoms with Crippen LogP contribution in [-0.2, 0) is 4.79 Å². The van der Waals surface area contributed by atoms with Crippen molar-refractivity contribution in [2.75, 3.05) is 13.1 Å². The van der Waals surface area contributed by atoms with Gasteiger partial charge in [0.25, 0.3) is 0 Å². The van der Waals surface area contributed by atoms with Crippen LogP contribution in [0.5, 0.6) is 0 Å². The monoisotopic (exact) mass is 373 g/mol. The van der Waals surface area contributed by atoms with E-state index in [-0.39, 0.29) is 11.2 Å². The van der Waals surface area contributed by atoms with Crippen molar-refractivity contribution in [2.24, 2.45) is 11.8 Å². The number of amides is 1. The van der Waals surface area contributed by atoms with Gasteiger partial charge in [0.1, 0.15) is 0 Å². The number of carbonyl (C=O) groups is 1. The Bertz CT molecular complexity index is 760. The lowest BCUT2D eigenvalue weighted by molar-refractivity contribution is -0.132. The molecule has 2 aromatic rings. The average molecular weight is 374 g/mol. The topological polar surface area (TPSA) is 63.9 Å². The highest BCUT2D eigenvalue weighted by molar-refractivity contribution is 8.00. The molecular formula is C19H27N5OS. The summed E-state index contributed by atoms with van der Waals surface area (Å²) in [5.41, 5.74) is 3.24. The largest absolute Gasteiger partial charge is 0.341 e. The second kappa shape index (κ2) is 7.78. The Kier molecular flexibility index (Phi) is 5.65. The van der Waals surface area contributed by atoms with Gasteiger partial charge in [-0.15, -0.1) is 5.10 Å². The van der Waals surface area contributed by atoms with E-state index in [1.54, 1.807) is 4.68 Å². The molecule has 7 heteroatoms. The van der Waals surface area contributed by atoms with Gasteiger partial charge in [-0.2, -0.15) is 4.68 Å². The molecule has 0 bridgehead atoms. The summed E-state index contributed by atoms with van der Waals surface area (Å²) in [7, 11) is 0. The standard InChI is InChI=1S/C19H27N5OS/c1-12-6-13(2)9-17(8-12)24-19(20-21-22-24)26-16(5)18(25)23-10-14(3)7-15(4)11-23/h6,8-9,14-16H,7,10-11H2,1-5H3/t14-,15+,16-/m0/s1. The molecule has 1 aromatic heterocycles. The third kappa shape index (κ3) is 4.26. The molecule has 6 nitrogen and oxygen atoms in total. The van der Waals surface area contributed by atoms with Crippen LogP contribution < -0.4 is 0 Å². The third-order valence-corrected chi connectivity index (χ3v) is 5.72. The third-order valence-electron chi connectivity index (χ3n) is 4.70. The van der Waals surface area contributed by atoms with E-state index in [0.29, 0.717) is 17.0 Å². The van der Waals surface area contributed by atoms with Gasteiger partial charge in [0.05, 0.1) is 10.9 Å². The molecule has 140 valence electrons. The number of aryl methyl sites for hydroxylation is 2. The summed E-state index contributed by atoms with van der Waals surface area (Å²) in [4.78, 5) is 14.9. The number of hydrogen-bond acceptors (Lipinski definition) is 5. The first-order chi connectivity index (χ1) is 12.3. The zero-order chi connectivity index (χ0) is 18.8. The molecule has 2 heterocycles. The molecule has 0 unspecified atom stereocenters. The Morgan fingerprint density at radius 1 is 1.15 bits per heavy atom. The molecule has 0 aliphatic carbocycles. The summed E-state index contributed by atoms with van der Waals surface area (Å²) < 4.78 is 1.72. The van der Waals surface area contributed by atoms with Gasteiger partial charge in [-0.25, -0.2) is 0 Å². The van der Waals surface area contributed by atoms with Crippen LogP contribution in [0.2, 0.25) is 0 Å². The van der Waals surface area contributed by atoms with Crippen LogP contribution in [0.3, 0.4) is 0 Å². The Balaban J connectivity index is 1.75. The molecule has 1 aliphatic rings. The predicted molar refractivity (Wildman–Crippen MR) is 103 cm³/mol. The lowest BCUT2D eigenvalue weighted by Gasteiger charge is -2.36. The molecule has 1 aliphatic heterocycles. The van der Waals surface area contributed by atoms with E-state index in [2.05, 4.69) is 49.3 Å². The average Bonchev–Trinajstić information content (AvgIpc) is 3.00. The maximum Gasteiger partial charge on any atom is 0.235 e. The van der Waals surface area contributed by atoms with E-state index in [1.807, 2.05) is 24.0 Å². The van der Waals surface area contributed by atoms with E-state index in [4.69, 9.17) is 0 Å². The second-order valence-corrected chi connectivity index (χ2v) is 8.98. The van der Waals surface area contributed by atoms with Crippen LogP contribution >= 0.6 is 11.8 Å². The van der Waals surface area contributed by atoms with E-state index in [0.717, 1.165) is 29.9 Å². The predicted octanol–water partition coefficient (Wildman–Crippen LogP) is 3.26. The maximum absolute atomic E-state index is 12.9. The van der Waals surface area contributed by atoms with Gasteiger partial charge in [0, 0.05) is 13.1 Å². The van der Waals surface area contributed by atoms with Gasteiger partial charge in [-0.1, -0.05) is 31.7 Å². The summed E-state index contributed by atoms with van der Waals surface area (Å²) in [5, 5.41) is 12.5. The highest BCUT2D eigenvalue weighted by Gasteiger charge is 2.29. The minimum atomic E-state index is -0.219. The molecule has 26 heavy (non-hydrogen) atoms. The van der Waals surface area contributed by atoms with Crippen molar-refractivity contribution in [3.63, 3.8) is 0 Å². The molecule has 0 spiro atoms. The Hall–Kier alpha value is -1.89. The van der Waals surface area contributed by atoms with Crippen LogP contribution in [0, 0.1) is 25.7 Å². The number of piperidine rings is 1. The lowest BCUT2D eigenvalue weighted by atomic mass is 9.92. The zero-order valence-electron chi connectivity index (χ0n) is 16.1. The highest BCUT2D eigenvalue weighted by Crippen LogP contribution is 2.27. The summed E-state index contributed by atoms with van der Waals surface area (Å²) in [5.74, 6) is 1.28. The number of likely N-dealkylation sites (tertiary alicyclic amines) is 1. The highest BCUT2D eigenvalue weighted by atomic mass is 32.2. The van der Waals surface area contributed by atoms with Crippen LogP contribution in [-0.4, -0.2) is 49.4 Å². The molecule has 1 fully saturated rings. The van der Waals surface area contributed by atoms with Gasteiger partial charge in [0.15, 0.2) is 0 Å². The number of hydrogen-bond donors (Lipinski definition) is 0. The van der Waals surface area contributed by atoms with E-state index >= 15 is 0 Å². The van der Waals surface area contributed by atoms with Crippen molar-refractivity contribution < 1.29 is 4.79 Å². The first-order valence-corrected chi connectivity index (χ1v) is 10.0. The fourth-order valence-corrected chi connectivity index (χ4v) is 4.69. The number of thioether (sulfide) groups is 1. The number of tetrazole rings is 1. The molecule has 3 rings (SSSR count). The van der Waals surface area contributed by atoms with E-state index in [9.17, 15) is 4.79 Å². The molecule has 1 aromatic carbocycles. The Morgan fingerprint density at radius 2 is 1.77 bits per heavy atom. The Labute approximate surface area is 159 Å². The number of carbonyl (C=O) groups excluding carboxylic acids is 1. The van der Waals surface area contributed by atoms with Gasteiger partial charge in [-0.3, -0.25) is 4.79 Å². The molecule has 0 saturated carbocycles. The number of nitrogens with zero attached hydrogens (tertiary/aromatic N) is 5. The van der Waals surface area contributed by atoms with Crippen molar-refractivity contribution in [2.45, 2.75) is 51.4 Å². The lowest BCUT2D eigenvalue weighted by Crippen LogP contribution is -2.45. The molecule has 1 saturated heterocycles. The minimum absolute atomic E-state index is 0.170. The first-order valence-electron chi connectivity index (χ1n) is 9.16. The molecule has 3 atom stereocenters. The van der Waals surface area contributed by atoms with Gasteiger partial charge in [0.2, 0.25) is 11.1 Å². The van der Waals surface area contributed by atoms with Crippen LogP contribution in [0.15, 0.2) is 23.4 Å². The smallest absolute Gasteiger partial charge is 0.235 e. The molecular weight excluding hydrogens is 346 g/mol. The summed E-state index contributed by atoms with van der Waals surface area (Å²) >= 11 is 1.42. The van der Waals surface area contributed by atoms with E-state index < -0.39 is 0 Å². The number of aromatic nitrogens is 4. The fourth-order valence-electron chi connectivity index (χ4n) is 3.80. The van der Waals surface area contributed by atoms with E-state index in [1.165, 1.54) is 18.2 Å². The SMILES string of the molecule is Cc1cc(C)cc(-n2nnnc2S[C@@H](C)C(=O)N2C[C@H](C)C[C@H](C)C2)c1. The minimum Gasteiger partial charge on any atom is -0.341 e. The van der Waals surface area contributed by atoms with Crippen molar-refractivity contribution in [1.29, 1.82) is 0 Å². The maximum atomic E-state index is 12.9. The zero-order valence-corrected chi connectivity index (χ0v) is 17.0. The quantitative estimate of drug-likeness (QED) is 0.770. The number of benzene rings is 1.